The number of allylic oxidation sites excluding steroid dienone is 4. The van der Waals surface area contributed by atoms with Gasteiger partial charge in [0.15, 0.2) is 5.78 Å². The van der Waals surface area contributed by atoms with Crippen molar-refractivity contribution in [2.24, 2.45) is 0 Å². The van der Waals surface area contributed by atoms with E-state index < -0.39 is 0 Å². The second-order valence-corrected chi connectivity index (χ2v) is 7.17. The van der Waals surface area contributed by atoms with Crippen molar-refractivity contribution in [2.45, 2.75) is 111 Å². The lowest BCUT2D eigenvalue weighted by Gasteiger charge is -2.04. The summed E-state index contributed by atoms with van der Waals surface area (Å²) in [6, 6.07) is 0. The highest BCUT2D eigenvalue weighted by Gasteiger charge is 2.04. The first-order valence-electron chi connectivity index (χ1n) is 10.6. The first kappa shape index (κ1) is 24.6. The van der Waals surface area contributed by atoms with Crippen molar-refractivity contribution >= 4 is 11.8 Å². The molecule has 0 spiro atoms. The molecule has 0 rings (SSSR count). The summed E-state index contributed by atoms with van der Waals surface area (Å²) in [5.74, 6) is 0.0456. The molecule has 0 unspecified atom stereocenters. The third-order valence-electron chi connectivity index (χ3n) is 4.32. The van der Waals surface area contributed by atoms with Crippen LogP contribution in [-0.2, 0) is 14.3 Å². The number of rotatable bonds is 17. The molecule has 0 saturated heterocycles. The Kier molecular flexibility index (Phi) is 17.4. The number of hydrogen-bond acceptors (Lipinski definition) is 3. The molecule has 0 atom stereocenters. The van der Waals surface area contributed by atoms with Gasteiger partial charge in [0.2, 0.25) is 0 Å². The minimum Gasteiger partial charge on any atom is -0.431 e. The number of ether oxygens (including phenoxy) is 1. The zero-order valence-electron chi connectivity index (χ0n) is 17.4. The summed E-state index contributed by atoms with van der Waals surface area (Å²) in [4.78, 5) is 22.5. The Morgan fingerprint density at radius 3 is 1.77 bits per heavy atom. The van der Waals surface area contributed by atoms with E-state index in [0.717, 1.165) is 12.8 Å². The Morgan fingerprint density at radius 1 is 0.731 bits per heavy atom. The maximum absolute atomic E-state index is 11.6. The molecule has 0 fully saturated rings. The molecule has 0 aromatic rings. The van der Waals surface area contributed by atoms with Gasteiger partial charge in [-0.2, -0.15) is 0 Å². The molecule has 150 valence electrons. The van der Waals surface area contributed by atoms with Gasteiger partial charge in [0.25, 0.3) is 0 Å². The first-order valence-corrected chi connectivity index (χ1v) is 10.6. The van der Waals surface area contributed by atoms with Crippen molar-refractivity contribution < 1.29 is 14.3 Å². The van der Waals surface area contributed by atoms with Crippen LogP contribution in [0.15, 0.2) is 24.0 Å². The highest BCUT2D eigenvalue weighted by Crippen LogP contribution is 2.10. The van der Waals surface area contributed by atoms with Crippen LogP contribution in [0.2, 0.25) is 0 Å². The molecule has 0 saturated carbocycles. The van der Waals surface area contributed by atoms with Crippen LogP contribution < -0.4 is 0 Å². The van der Waals surface area contributed by atoms with E-state index in [1.807, 2.05) is 0 Å². The predicted octanol–water partition coefficient (Wildman–Crippen LogP) is 7.06. The molecule has 0 radical (unpaired) electrons. The van der Waals surface area contributed by atoms with Crippen molar-refractivity contribution in [3.05, 3.63) is 24.0 Å². The first-order chi connectivity index (χ1) is 12.6. The van der Waals surface area contributed by atoms with Crippen LogP contribution in [0, 0.1) is 0 Å². The fourth-order valence-corrected chi connectivity index (χ4v) is 2.89. The third-order valence-corrected chi connectivity index (χ3v) is 4.32. The third kappa shape index (κ3) is 19.0. The monoisotopic (exact) mass is 364 g/mol. The van der Waals surface area contributed by atoms with Crippen molar-refractivity contribution in [1.29, 1.82) is 0 Å². The van der Waals surface area contributed by atoms with Crippen LogP contribution >= 0.6 is 0 Å². The number of carbonyl (C=O) groups is 2. The molecule has 0 heterocycles. The summed E-state index contributed by atoms with van der Waals surface area (Å²) in [6.45, 7) is 5.34. The minimum absolute atomic E-state index is 0.101. The second kappa shape index (κ2) is 18.4. The van der Waals surface area contributed by atoms with Crippen molar-refractivity contribution in [2.75, 3.05) is 0 Å². The van der Waals surface area contributed by atoms with Gasteiger partial charge in [-0.3, -0.25) is 9.59 Å². The molecule has 0 aromatic heterocycles. The van der Waals surface area contributed by atoms with Gasteiger partial charge < -0.3 is 4.74 Å². The molecule has 0 amide bonds. The molecule has 0 aliphatic carbocycles. The van der Waals surface area contributed by atoms with Gasteiger partial charge in [0, 0.05) is 12.5 Å². The molecule has 0 N–H and O–H groups in total. The molecular weight excluding hydrogens is 324 g/mol. The Morgan fingerprint density at radius 2 is 1.23 bits per heavy atom. The van der Waals surface area contributed by atoms with E-state index in [9.17, 15) is 9.59 Å². The van der Waals surface area contributed by atoms with Gasteiger partial charge in [0.05, 0.1) is 0 Å². The summed E-state index contributed by atoms with van der Waals surface area (Å²) in [6.07, 6.45) is 22.6. The van der Waals surface area contributed by atoms with Gasteiger partial charge in [-0.1, -0.05) is 70.4 Å². The zero-order chi connectivity index (χ0) is 19.5. The number of ketones is 1. The summed E-state index contributed by atoms with van der Waals surface area (Å²) >= 11 is 0. The maximum Gasteiger partial charge on any atom is 0.310 e. The Bertz CT molecular complexity index is 421. The van der Waals surface area contributed by atoms with Crippen molar-refractivity contribution in [3.8, 4) is 0 Å². The second-order valence-electron chi connectivity index (χ2n) is 7.17. The van der Waals surface area contributed by atoms with Crippen LogP contribution in [0.1, 0.15) is 111 Å². The zero-order valence-corrected chi connectivity index (χ0v) is 17.4. The summed E-state index contributed by atoms with van der Waals surface area (Å²) in [5, 5.41) is 0. The highest BCUT2D eigenvalue weighted by atomic mass is 16.5. The van der Waals surface area contributed by atoms with Crippen LogP contribution in [0.4, 0.5) is 0 Å². The minimum atomic E-state index is -0.238. The average Bonchev–Trinajstić information content (AvgIpc) is 2.57. The lowest BCUT2D eigenvalue weighted by atomic mass is 10.1. The number of carbonyl (C=O) groups excluding carboxylic acids is 2. The van der Waals surface area contributed by atoms with E-state index in [1.165, 1.54) is 83.6 Å². The fraction of sp³-hybridized carbons (Fsp3) is 0.739. The van der Waals surface area contributed by atoms with Crippen molar-refractivity contribution in [1.82, 2.24) is 0 Å². The van der Waals surface area contributed by atoms with Crippen LogP contribution in [0.5, 0.6) is 0 Å². The van der Waals surface area contributed by atoms with E-state index in [4.69, 9.17) is 4.74 Å². The quantitative estimate of drug-likeness (QED) is 0.0912. The van der Waals surface area contributed by atoms with E-state index in [2.05, 4.69) is 19.1 Å². The molecule has 3 nitrogen and oxygen atoms in total. The predicted molar refractivity (Wildman–Crippen MR) is 110 cm³/mol. The largest absolute Gasteiger partial charge is 0.431 e. The molecule has 0 aliphatic heterocycles. The lowest BCUT2D eigenvalue weighted by Crippen LogP contribution is -2.03. The Hall–Kier alpha value is -1.38. The smallest absolute Gasteiger partial charge is 0.310 e. The molecule has 3 heteroatoms. The normalized spacial score (nSPS) is 11.9. The van der Waals surface area contributed by atoms with Gasteiger partial charge >= 0.3 is 5.97 Å². The van der Waals surface area contributed by atoms with E-state index in [1.54, 1.807) is 6.92 Å². The van der Waals surface area contributed by atoms with E-state index >= 15 is 0 Å². The maximum atomic E-state index is 11.6. The van der Waals surface area contributed by atoms with Gasteiger partial charge in [-0.25, -0.2) is 0 Å². The van der Waals surface area contributed by atoms with Gasteiger partial charge in [-0.05, 0) is 46.0 Å². The van der Waals surface area contributed by atoms with Crippen molar-refractivity contribution in [3.63, 3.8) is 0 Å². The molecular formula is C23H40O3. The Balaban J connectivity index is 3.36. The molecule has 26 heavy (non-hydrogen) atoms. The van der Waals surface area contributed by atoms with Gasteiger partial charge in [-0.15, -0.1) is 0 Å². The van der Waals surface area contributed by atoms with E-state index in [0.29, 0.717) is 12.2 Å². The van der Waals surface area contributed by atoms with Crippen LogP contribution in [0.3, 0.4) is 0 Å². The summed E-state index contributed by atoms with van der Waals surface area (Å²) < 4.78 is 5.07. The summed E-state index contributed by atoms with van der Waals surface area (Å²) in [5.41, 5.74) is 0. The summed E-state index contributed by atoms with van der Waals surface area (Å²) in [7, 11) is 0. The SMILES string of the molecule is CCCCCCCC/C=C\CCCCCCCC(=O)O/C(C)=C\C(C)=O. The van der Waals surface area contributed by atoms with Crippen LogP contribution in [0.25, 0.3) is 0 Å². The number of esters is 1. The molecule has 0 bridgehead atoms. The number of unbranched alkanes of at least 4 members (excludes halogenated alkanes) is 11. The number of hydrogen-bond donors (Lipinski definition) is 0. The van der Waals surface area contributed by atoms with Crippen LogP contribution in [-0.4, -0.2) is 11.8 Å². The Labute approximate surface area is 161 Å². The average molecular weight is 365 g/mol. The standard InChI is InChI=1S/C23H40O3/c1-4-5-6-7-8-9-10-11-12-13-14-15-16-17-18-19-23(25)26-22(3)20-21(2)24/h11-12,20H,4-10,13-19H2,1-3H3/b12-11-,22-20-. The molecule has 0 aliphatic rings. The lowest BCUT2D eigenvalue weighted by molar-refractivity contribution is -0.139. The highest BCUT2D eigenvalue weighted by molar-refractivity contribution is 5.88. The van der Waals surface area contributed by atoms with Gasteiger partial charge in [0.1, 0.15) is 5.76 Å². The van der Waals surface area contributed by atoms with E-state index in [-0.39, 0.29) is 11.8 Å². The topological polar surface area (TPSA) is 43.4 Å². The molecule has 0 aromatic carbocycles. The fourth-order valence-electron chi connectivity index (χ4n) is 2.89.